The third-order valence-electron chi connectivity index (χ3n) is 5.45. The molecule has 2 unspecified atom stereocenters. The Bertz CT molecular complexity index is 544. The molecular weight excluding hydrogens is 294 g/mol. The van der Waals surface area contributed by atoms with Gasteiger partial charge < -0.3 is 5.32 Å². The average molecular weight is 320 g/mol. The molecular formula is C18H25NS2. The number of thiophene rings is 2. The van der Waals surface area contributed by atoms with Crippen LogP contribution in [0.5, 0.6) is 0 Å². The second-order valence-corrected chi connectivity index (χ2v) is 9.39. The number of hydrogen-bond acceptors (Lipinski definition) is 3. The van der Waals surface area contributed by atoms with E-state index >= 15 is 0 Å². The maximum Gasteiger partial charge on any atom is 0.0868 e. The first-order valence-corrected chi connectivity index (χ1v) is 10.2. The van der Waals surface area contributed by atoms with Crippen molar-refractivity contribution in [3.05, 3.63) is 22.4 Å². The summed E-state index contributed by atoms with van der Waals surface area (Å²) in [6.45, 7) is 2.27. The van der Waals surface area contributed by atoms with E-state index in [0.29, 0.717) is 0 Å². The second-order valence-electron chi connectivity index (χ2n) is 7.08. The van der Waals surface area contributed by atoms with E-state index in [0.717, 1.165) is 24.3 Å². The van der Waals surface area contributed by atoms with E-state index in [2.05, 4.69) is 22.8 Å². The van der Waals surface area contributed by atoms with Crippen LogP contribution in [0.15, 0.2) is 17.5 Å². The Morgan fingerprint density at radius 2 is 2.00 bits per heavy atom. The highest BCUT2D eigenvalue weighted by Gasteiger charge is 2.31. The largest absolute Gasteiger partial charge is 0.312 e. The predicted octanol–water partition coefficient (Wildman–Crippen LogP) is 5.66. The van der Waals surface area contributed by atoms with Crippen LogP contribution in [-0.4, -0.2) is 6.54 Å². The van der Waals surface area contributed by atoms with Crippen LogP contribution < -0.4 is 5.32 Å². The molecule has 2 aliphatic carbocycles. The lowest BCUT2D eigenvalue weighted by atomic mass is 9.67. The zero-order valence-electron chi connectivity index (χ0n) is 12.6. The fraction of sp³-hybridized carbons (Fsp3) is 0.667. The minimum Gasteiger partial charge on any atom is -0.312 e. The zero-order chi connectivity index (χ0) is 14.1. The van der Waals surface area contributed by atoms with E-state index in [4.69, 9.17) is 0 Å². The highest BCUT2D eigenvalue weighted by molar-refractivity contribution is 7.37. The molecule has 1 nitrogen and oxygen atoms in total. The van der Waals surface area contributed by atoms with Gasteiger partial charge in [-0.3, -0.25) is 0 Å². The van der Waals surface area contributed by atoms with Gasteiger partial charge in [-0.2, -0.15) is 0 Å². The van der Waals surface area contributed by atoms with Gasteiger partial charge in [0.2, 0.25) is 0 Å². The Kier molecular flexibility index (Phi) is 4.33. The van der Waals surface area contributed by atoms with Crippen molar-refractivity contribution in [1.29, 1.82) is 0 Å². The molecule has 2 atom stereocenters. The third kappa shape index (κ3) is 3.35. The highest BCUT2D eigenvalue weighted by Crippen LogP contribution is 2.43. The standard InChI is InChI=1S/C18H25NS2/c1-2-13-8-14(3-1)10-15(9-13)4-6-19-12-17-11-16-5-7-20-18(16)21-17/h5,7,11,13-15,19H,1-4,6,8-10,12H2. The van der Waals surface area contributed by atoms with Gasteiger partial charge >= 0.3 is 0 Å². The maximum atomic E-state index is 3.68. The average Bonchev–Trinajstić information content (AvgIpc) is 3.04. The zero-order valence-corrected chi connectivity index (χ0v) is 14.3. The topological polar surface area (TPSA) is 12.0 Å². The summed E-state index contributed by atoms with van der Waals surface area (Å²) < 4.78 is 1.48. The summed E-state index contributed by atoms with van der Waals surface area (Å²) in [5.41, 5.74) is 0. The van der Waals surface area contributed by atoms with Crippen LogP contribution in [0.25, 0.3) is 9.40 Å². The Balaban J connectivity index is 1.22. The molecule has 1 N–H and O–H groups in total. The molecule has 3 heteroatoms. The molecule has 4 rings (SSSR count). The first-order valence-electron chi connectivity index (χ1n) is 8.53. The van der Waals surface area contributed by atoms with Crippen molar-refractivity contribution in [2.24, 2.45) is 17.8 Å². The van der Waals surface area contributed by atoms with E-state index in [1.54, 1.807) is 6.42 Å². The van der Waals surface area contributed by atoms with Gasteiger partial charge in [-0.15, -0.1) is 22.7 Å². The molecule has 0 radical (unpaired) electrons. The molecule has 21 heavy (non-hydrogen) atoms. The summed E-state index contributed by atoms with van der Waals surface area (Å²) >= 11 is 3.83. The smallest absolute Gasteiger partial charge is 0.0868 e. The summed E-state index contributed by atoms with van der Waals surface area (Å²) in [5, 5.41) is 7.31. The molecule has 0 amide bonds. The molecule has 2 aromatic rings. The van der Waals surface area contributed by atoms with E-state index in [-0.39, 0.29) is 0 Å². The maximum absolute atomic E-state index is 3.68. The Labute approximate surface area is 135 Å². The number of fused-ring (bicyclic) bond motifs is 3. The predicted molar refractivity (Wildman–Crippen MR) is 94.2 cm³/mol. The number of hydrogen-bond donors (Lipinski definition) is 1. The van der Waals surface area contributed by atoms with Gasteiger partial charge in [0, 0.05) is 16.8 Å². The lowest BCUT2D eigenvalue weighted by Crippen LogP contribution is -2.28. The van der Waals surface area contributed by atoms with Gasteiger partial charge in [0.25, 0.3) is 0 Å². The second kappa shape index (κ2) is 6.39. The molecule has 2 aromatic heterocycles. The Morgan fingerprint density at radius 3 is 2.81 bits per heavy atom. The van der Waals surface area contributed by atoms with Crippen LogP contribution in [0.3, 0.4) is 0 Å². The summed E-state index contributed by atoms with van der Waals surface area (Å²) in [6, 6.07) is 4.59. The van der Waals surface area contributed by atoms with Crippen molar-refractivity contribution >= 4 is 32.1 Å². The monoisotopic (exact) mass is 319 g/mol. The lowest BCUT2D eigenvalue weighted by molar-refractivity contribution is 0.132. The quantitative estimate of drug-likeness (QED) is 0.701. The summed E-state index contributed by atoms with van der Waals surface area (Å²) in [7, 11) is 0. The van der Waals surface area contributed by atoms with Crippen molar-refractivity contribution in [2.75, 3.05) is 6.54 Å². The van der Waals surface area contributed by atoms with Gasteiger partial charge in [-0.25, -0.2) is 0 Å². The summed E-state index contributed by atoms with van der Waals surface area (Å²) in [5.74, 6) is 3.16. The van der Waals surface area contributed by atoms with Gasteiger partial charge in [-0.1, -0.05) is 19.3 Å². The molecule has 0 spiro atoms. The van der Waals surface area contributed by atoms with Crippen molar-refractivity contribution in [2.45, 2.75) is 51.5 Å². The number of nitrogens with one attached hydrogen (secondary N) is 1. The normalized spacial score (nSPS) is 29.0. The van der Waals surface area contributed by atoms with Crippen LogP contribution in [0.2, 0.25) is 0 Å². The van der Waals surface area contributed by atoms with Gasteiger partial charge in [0.15, 0.2) is 0 Å². The molecule has 0 aromatic carbocycles. The van der Waals surface area contributed by atoms with Crippen molar-refractivity contribution in [3.63, 3.8) is 0 Å². The molecule has 0 aliphatic heterocycles. The van der Waals surface area contributed by atoms with E-state index in [1.807, 2.05) is 22.7 Å². The van der Waals surface area contributed by atoms with E-state index in [9.17, 15) is 0 Å². The molecule has 2 bridgehead atoms. The van der Waals surface area contributed by atoms with E-state index < -0.39 is 0 Å². The first kappa shape index (κ1) is 14.2. The minimum absolute atomic E-state index is 1.01. The Hall–Kier alpha value is -0.380. The lowest BCUT2D eigenvalue weighted by Gasteiger charge is -2.39. The van der Waals surface area contributed by atoms with Crippen molar-refractivity contribution in [1.82, 2.24) is 5.32 Å². The van der Waals surface area contributed by atoms with Gasteiger partial charge in [0.05, 0.1) is 4.01 Å². The molecule has 0 saturated heterocycles. The molecule has 114 valence electrons. The molecule has 2 aliphatic rings. The van der Waals surface area contributed by atoms with Crippen LogP contribution >= 0.6 is 22.7 Å². The van der Waals surface area contributed by atoms with Crippen LogP contribution in [0.1, 0.15) is 49.8 Å². The minimum atomic E-state index is 1.01. The number of rotatable bonds is 5. The molecule has 2 saturated carbocycles. The fourth-order valence-electron chi connectivity index (χ4n) is 4.53. The van der Waals surface area contributed by atoms with Crippen molar-refractivity contribution in [3.8, 4) is 0 Å². The van der Waals surface area contributed by atoms with Crippen LogP contribution in [0.4, 0.5) is 0 Å². The summed E-state index contributed by atoms with van der Waals surface area (Å²) in [6.07, 6.45) is 10.5. The SMILES string of the molecule is c1cc2cc(CNCCC3CC4CCCC(C4)C3)sc2s1. The molecule has 2 fully saturated rings. The summed E-state index contributed by atoms with van der Waals surface area (Å²) in [4.78, 5) is 1.50. The molecule has 2 heterocycles. The fourth-order valence-corrected chi connectivity index (χ4v) is 6.65. The van der Waals surface area contributed by atoms with Crippen molar-refractivity contribution < 1.29 is 0 Å². The van der Waals surface area contributed by atoms with Crippen LogP contribution in [-0.2, 0) is 6.54 Å². The Morgan fingerprint density at radius 1 is 1.14 bits per heavy atom. The third-order valence-corrected chi connectivity index (χ3v) is 7.66. The van der Waals surface area contributed by atoms with Gasteiger partial charge in [-0.05, 0) is 67.5 Å². The highest BCUT2D eigenvalue weighted by atomic mass is 32.2. The first-order chi connectivity index (χ1) is 10.4. The van der Waals surface area contributed by atoms with Crippen LogP contribution in [0, 0.1) is 17.8 Å². The van der Waals surface area contributed by atoms with E-state index in [1.165, 1.54) is 59.3 Å². The van der Waals surface area contributed by atoms with Gasteiger partial charge in [0.1, 0.15) is 0 Å².